The number of sulfonamides is 1. The number of benzene rings is 1. The topological polar surface area (TPSA) is 98.1 Å². The van der Waals surface area contributed by atoms with Gasteiger partial charge in [-0.25, -0.2) is 17.9 Å². The van der Waals surface area contributed by atoms with Crippen LogP contribution < -0.4 is 10.4 Å². The fraction of sp³-hybridized carbons (Fsp3) is 0.462. The van der Waals surface area contributed by atoms with Crippen molar-refractivity contribution in [3.8, 4) is 0 Å². The first-order valence-electron chi connectivity index (χ1n) is 6.87. The molecule has 2 heterocycles. The van der Waals surface area contributed by atoms with Gasteiger partial charge in [0.1, 0.15) is 0 Å². The van der Waals surface area contributed by atoms with Crippen LogP contribution in [0.5, 0.6) is 0 Å². The molecule has 0 amide bonds. The van der Waals surface area contributed by atoms with Crippen LogP contribution in [-0.2, 0) is 10.0 Å². The van der Waals surface area contributed by atoms with Crippen molar-refractivity contribution in [3.05, 3.63) is 28.7 Å². The van der Waals surface area contributed by atoms with E-state index < -0.39 is 10.0 Å². The average molecular weight is 310 g/mol. The summed E-state index contributed by atoms with van der Waals surface area (Å²) in [6, 6.07) is 4.54. The zero-order valence-electron chi connectivity index (χ0n) is 11.7. The molecule has 0 spiro atoms. The number of rotatable bonds is 3. The van der Waals surface area contributed by atoms with Gasteiger partial charge in [-0.1, -0.05) is 0 Å². The predicted molar refractivity (Wildman–Crippen MR) is 79.8 cm³/mol. The number of likely N-dealkylation sites (tertiary alicyclic amines) is 1. The molecule has 1 aliphatic rings. The van der Waals surface area contributed by atoms with Crippen LogP contribution in [0.2, 0.25) is 0 Å². The molecule has 1 aromatic heterocycles. The van der Waals surface area contributed by atoms with Gasteiger partial charge in [0.2, 0.25) is 10.0 Å². The molecule has 0 bridgehead atoms. The predicted octanol–water partition coefficient (Wildman–Crippen LogP) is 0.229. The molecule has 1 fully saturated rings. The summed E-state index contributed by atoms with van der Waals surface area (Å²) in [5.74, 6) is 0. The number of imidazole rings is 1. The van der Waals surface area contributed by atoms with E-state index in [9.17, 15) is 13.2 Å². The molecule has 1 aromatic carbocycles. The lowest BCUT2D eigenvalue weighted by Gasteiger charge is -2.29. The molecule has 0 radical (unpaired) electrons. The summed E-state index contributed by atoms with van der Waals surface area (Å²) in [4.78, 5) is 18.7. The average Bonchev–Trinajstić information content (AvgIpc) is 2.80. The SMILES string of the molecule is CN1CCC(NS(=O)(=O)c2ccc3[nH]c(=O)[nH]c3c2)CC1. The van der Waals surface area contributed by atoms with Crippen LogP contribution in [0.25, 0.3) is 11.0 Å². The van der Waals surface area contributed by atoms with E-state index in [1.165, 1.54) is 12.1 Å². The van der Waals surface area contributed by atoms with Crippen molar-refractivity contribution in [1.29, 1.82) is 0 Å². The second kappa shape index (κ2) is 5.28. The van der Waals surface area contributed by atoms with Crippen LogP contribution in [0.15, 0.2) is 27.9 Å². The third-order valence-corrected chi connectivity index (χ3v) is 5.36. The molecule has 7 nitrogen and oxygen atoms in total. The van der Waals surface area contributed by atoms with Gasteiger partial charge < -0.3 is 14.9 Å². The molecular weight excluding hydrogens is 292 g/mol. The highest BCUT2D eigenvalue weighted by molar-refractivity contribution is 7.89. The fourth-order valence-corrected chi connectivity index (χ4v) is 3.92. The Morgan fingerprint density at radius 1 is 1.19 bits per heavy atom. The van der Waals surface area contributed by atoms with Crippen LogP contribution in [0, 0.1) is 0 Å². The van der Waals surface area contributed by atoms with E-state index in [1.807, 2.05) is 7.05 Å². The first-order valence-corrected chi connectivity index (χ1v) is 8.35. The lowest BCUT2D eigenvalue weighted by atomic mass is 10.1. The monoisotopic (exact) mass is 310 g/mol. The molecule has 0 aliphatic carbocycles. The molecule has 0 atom stereocenters. The zero-order valence-corrected chi connectivity index (χ0v) is 12.5. The smallest absolute Gasteiger partial charge is 0.306 e. The first kappa shape index (κ1) is 14.3. The van der Waals surface area contributed by atoms with E-state index >= 15 is 0 Å². The Kier molecular flexibility index (Phi) is 3.60. The Balaban J connectivity index is 1.84. The van der Waals surface area contributed by atoms with E-state index in [-0.39, 0.29) is 16.6 Å². The van der Waals surface area contributed by atoms with E-state index in [0.29, 0.717) is 11.0 Å². The molecule has 0 unspecified atom stereocenters. The van der Waals surface area contributed by atoms with Gasteiger partial charge in [-0.15, -0.1) is 0 Å². The number of hydrogen-bond donors (Lipinski definition) is 3. The zero-order chi connectivity index (χ0) is 15.0. The number of aromatic nitrogens is 2. The maximum Gasteiger partial charge on any atom is 0.323 e. The van der Waals surface area contributed by atoms with Gasteiger partial charge in [-0.3, -0.25) is 0 Å². The number of nitrogens with one attached hydrogen (secondary N) is 3. The van der Waals surface area contributed by atoms with Crippen molar-refractivity contribution >= 4 is 21.1 Å². The van der Waals surface area contributed by atoms with E-state index in [2.05, 4.69) is 19.6 Å². The molecule has 0 saturated carbocycles. The summed E-state index contributed by atoms with van der Waals surface area (Å²) in [5, 5.41) is 0. The van der Waals surface area contributed by atoms with Crippen LogP contribution in [0.4, 0.5) is 0 Å². The lowest BCUT2D eigenvalue weighted by Crippen LogP contribution is -2.43. The van der Waals surface area contributed by atoms with Crippen LogP contribution in [0.3, 0.4) is 0 Å². The van der Waals surface area contributed by atoms with E-state index in [0.717, 1.165) is 25.9 Å². The van der Waals surface area contributed by atoms with Crippen molar-refractivity contribution in [1.82, 2.24) is 19.6 Å². The summed E-state index contributed by atoms with van der Waals surface area (Å²) in [6.07, 6.45) is 1.61. The van der Waals surface area contributed by atoms with Gasteiger partial charge in [-0.05, 0) is 51.2 Å². The minimum absolute atomic E-state index is 0.0350. The van der Waals surface area contributed by atoms with E-state index in [4.69, 9.17) is 0 Å². The third kappa shape index (κ3) is 3.02. The molecule has 3 N–H and O–H groups in total. The molecule has 1 aliphatic heterocycles. The van der Waals surface area contributed by atoms with Gasteiger partial charge in [0, 0.05) is 6.04 Å². The number of piperidine rings is 1. The molecule has 2 aromatic rings. The largest absolute Gasteiger partial charge is 0.323 e. The number of hydrogen-bond acceptors (Lipinski definition) is 4. The van der Waals surface area contributed by atoms with Crippen molar-refractivity contribution < 1.29 is 8.42 Å². The first-order chi connectivity index (χ1) is 9.94. The molecular formula is C13H18N4O3S. The van der Waals surface area contributed by atoms with Gasteiger partial charge in [0.25, 0.3) is 0 Å². The standard InChI is InChI=1S/C13H18N4O3S/c1-17-6-4-9(5-7-17)16-21(19,20)10-2-3-11-12(8-10)15-13(18)14-11/h2-3,8-9,16H,4-7H2,1H3,(H2,14,15,18). The van der Waals surface area contributed by atoms with Gasteiger partial charge >= 0.3 is 5.69 Å². The lowest BCUT2D eigenvalue weighted by molar-refractivity contribution is 0.248. The third-order valence-electron chi connectivity index (χ3n) is 3.84. The van der Waals surface area contributed by atoms with E-state index in [1.54, 1.807) is 6.07 Å². The Hall–Kier alpha value is -1.64. The summed E-state index contributed by atoms with van der Waals surface area (Å²) < 4.78 is 27.6. The Labute approximate surface area is 122 Å². The fourth-order valence-electron chi connectivity index (χ4n) is 2.59. The van der Waals surface area contributed by atoms with Gasteiger partial charge in [0.05, 0.1) is 15.9 Å². The highest BCUT2D eigenvalue weighted by atomic mass is 32.2. The summed E-state index contributed by atoms with van der Waals surface area (Å²) in [6.45, 7) is 1.77. The Morgan fingerprint density at radius 3 is 2.57 bits per heavy atom. The maximum atomic E-state index is 12.4. The normalized spacial score (nSPS) is 18.3. The highest BCUT2D eigenvalue weighted by Gasteiger charge is 2.23. The van der Waals surface area contributed by atoms with Crippen molar-refractivity contribution in [2.75, 3.05) is 20.1 Å². The second-order valence-corrected chi connectivity index (χ2v) is 7.20. The second-order valence-electron chi connectivity index (χ2n) is 5.49. The summed E-state index contributed by atoms with van der Waals surface area (Å²) in [5.41, 5.74) is 0.743. The quantitative estimate of drug-likeness (QED) is 0.756. The van der Waals surface area contributed by atoms with Crippen molar-refractivity contribution in [3.63, 3.8) is 0 Å². The van der Waals surface area contributed by atoms with Crippen LogP contribution >= 0.6 is 0 Å². The highest BCUT2D eigenvalue weighted by Crippen LogP contribution is 2.17. The Bertz CT molecular complexity index is 800. The van der Waals surface area contributed by atoms with Crippen LogP contribution in [-0.4, -0.2) is 49.5 Å². The summed E-state index contributed by atoms with van der Waals surface area (Å²) >= 11 is 0. The van der Waals surface area contributed by atoms with Gasteiger partial charge in [-0.2, -0.15) is 0 Å². The number of aromatic amines is 2. The number of fused-ring (bicyclic) bond motifs is 1. The van der Waals surface area contributed by atoms with Crippen molar-refractivity contribution in [2.24, 2.45) is 0 Å². The summed E-state index contributed by atoms with van der Waals surface area (Å²) in [7, 11) is -1.54. The minimum Gasteiger partial charge on any atom is -0.306 e. The molecule has 8 heteroatoms. The Morgan fingerprint density at radius 2 is 1.86 bits per heavy atom. The van der Waals surface area contributed by atoms with Crippen molar-refractivity contribution in [2.45, 2.75) is 23.8 Å². The number of H-pyrrole nitrogens is 2. The molecule has 114 valence electrons. The number of nitrogens with zero attached hydrogens (tertiary/aromatic N) is 1. The molecule has 1 saturated heterocycles. The molecule has 3 rings (SSSR count). The van der Waals surface area contributed by atoms with Crippen LogP contribution in [0.1, 0.15) is 12.8 Å². The molecule has 21 heavy (non-hydrogen) atoms. The van der Waals surface area contributed by atoms with Gasteiger partial charge in [0.15, 0.2) is 0 Å². The minimum atomic E-state index is -3.56. The maximum absolute atomic E-state index is 12.4.